The summed E-state index contributed by atoms with van der Waals surface area (Å²) in [7, 11) is 0. The fraction of sp³-hybridized carbons (Fsp3) is 0.524. The number of aromatic hydroxyl groups is 1. The summed E-state index contributed by atoms with van der Waals surface area (Å²) >= 11 is 1.52. The zero-order valence-electron chi connectivity index (χ0n) is 16.9. The lowest BCUT2D eigenvalue weighted by Crippen LogP contribution is -2.41. The molecule has 1 aliphatic heterocycles. The van der Waals surface area contributed by atoms with Gasteiger partial charge < -0.3 is 9.84 Å². The lowest BCUT2D eigenvalue weighted by Gasteiger charge is -2.40. The molecule has 1 saturated heterocycles. The van der Waals surface area contributed by atoms with Gasteiger partial charge in [0.1, 0.15) is 11.6 Å². The van der Waals surface area contributed by atoms with Crippen LogP contribution in [-0.4, -0.2) is 44.3 Å². The number of aryl methyl sites for hydroxylation is 1. The van der Waals surface area contributed by atoms with E-state index in [1.54, 1.807) is 4.52 Å². The maximum atomic E-state index is 11.0. The zero-order valence-corrected chi connectivity index (χ0v) is 17.7. The molecule has 28 heavy (non-hydrogen) atoms. The Morgan fingerprint density at radius 1 is 1.21 bits per heavy atom. The van der Waals surface area contributed by atoms with Crippen LogP contribution in [0.3, 0.4) is 0 Å². The quantitative estimate of drug-likeness (QED) is 0.693. The van der Waals surface area contributed by atoms with Crippen molar-refractivity contribution >= 4 is 16.3 Å². The number of benzene rings is 1. The zero-order chi connectivity index (χ0) is 19.8. The van der Waals surface area contributed by atoms with E-state index in [-0.39, 0.29) is 11.9 Å². The number of aromatic nitrogens is 3. The molecule has 2 aromatic heterocycles. The predicted molar refractivity (Wildman–Crippen MR) is 111 cm³/mol. The van der Waals surface area contributed by atoms with Crippen LogP contribution >= 0.6 is 11.3 Å². The maximum Gasteiger partial charge on any atom is 0.230 e. The van der Waals surface area contributed by atoms with Crippen LogP contribution in [0.2, 0.25) is 0 Å². The van der Waals surface area contributed by atoms with E-state index in [0.29, 0.717) is 24.3 Å². The smallest absolute Gasteiger partial charge is 0.230 e. The van der Waals surface area contributed by atoms with E-state index < -0.39 is 0 Å². The molecule has 1 aliphatic rings. The highest BCUT2D eigenvalue weighted by Crippen LogP contribution is 2.42. The third kappa shape index (κ3) is 3.61. The molecule has 3 aromatic rings. The van der Waals surface area contributed by atoms with Crippen molar-refractivity contribution in [1.29, 1.82) is 0 Å². The Labute approximate surface area is 169 Å². The molecule has 150 valence electrons. The van der Waals surface area contributed by atoms with Gasteiger partial charge >= 0.3 is 0 Å². The third-order valence-electron chi connectivity index (χ3n) is 5.32. The van der Waals surface area contributed by atoms with Gasteiger partial charge in [0.15, 0.2) is 0 Å². The van der Waals surface area contributed by atoms with E-state index in [2.05, 4.69) is 41.0 Å². The average molecular weight is 401 g/mol. The maximum absolute atomic E-state index is 11.0. The Balaban J connectivity index is 1.78. The molecule has 0 bridgehead atoms. The number of nitrogens with zero attached hydrogens (tertiary/aromatic N) is 4. The van der Waals surface area contributed by atoms with Gasteiger partial charge in [0.2, 0.25) is 10.8 Å². The molecule has 4 rings (SSSR count). The van der Waals surface area contributed by atoms with Crippen LogP contribution in [0, 0.1) is 18.8 Å². The monoisotopic (exact) mass is 400 g/mol. The standard InChI is InChI=1S/C21H28N4O2S/c1-5-27-17-8-6-16(7-9-17)18(24-11-13(2)10-14(3)12-24)19-20(26)25-21(28-19)22-15(4)23-25/h6-9,13-14,18,26H,5,10-12H2,1-4H3/t13-,14+,18-/m0/s1. The first-order valence-electron chi connectivity index (χ1n) is 9.98. The number of likely N-dealkylation sites (tertiary alicyclic amines) is 1. The molecule has 3 heterocycles. The first kappa shape index (κ1) is 19.2. The first-order chi connectivity index (χ1) is 13.5. The molecular weight excluding hydrogens is 372 g/mol. The lowest BCUT2D eigenvalue weighted by molar-refractivity contribution is 0.112. The number of thiazole rings is 1. The Morgan fingerprint density at radius 2 is 1.89 bits per heavy atom. The van der Waals surface area contributed by atoms with Crippen molar-refractivity contribution in [1.82, 2.24) is 19.5 Å². The second-order valence-corrected chi connectivity index (χ2v) is 8.96. The van der Waals surface area contributed by atoms with Crippen molar-refractivity contribution in [2.75, 3.05) is 19.7 Å². The molecule has 0 radical (unpaired) electrons. The van der Waals surface area contributed by atoms with Crippen LogP contribution in [0.1, 0.15) is 49.5 Å². The van der Waals surface area contributed by atoms with Crippen LogP contribution in [0.5, 0.6) is 11.6 Å². The van der Waals surface area contributed by atoms with Gasteiger partial charge in [-0.1, -0.05) is 37.3 Å². The Morgan fingerprint density at radius 3 is 2.50 bits per heavy atom. The summed E-state index contributed by atoms with van der Waals surface area (Å²) in [4.78, 5) is 8.59. The highest BCUT2D eigenvalue weighted by molar-refractivity contribution is 7.17. The van der Waals surface area contributed by atoms with Crippen molar-refractivity contribution < 1.29 is 9.84 Å². The van der Waals surface area contributed by atoms with E-state index in [1.807, 2.05) is 26.0 Å². The molecular formula is C21H28N4O2S. The molecule has 0 amide bonds. The molecule has 0 saturated carbocycles. The number of fused-ring (bicyclic) bond motifs is 1. The largest absolute Gasteiger partial charge is 0.494 e. The van der Waals surface area contributed by atoms with Crippen molar-refractivity contribution in [3.8, 4) is 11.6 Å². The molecule has 0 unspecified atom stereocenters. The normalized spacial score (nSPS) is 21.9. The SMILES string of the molecule is CCOc1ccc([C@@H](c2sc3nc(C)nn3c2O)N2C[C@H](C)C[C@H](C)C2)cc1. The van der Waals surface area contributed by atoms with Crippen LogP contribution in [0.15, 0.2) is 24.3 Å². The minimum Gasteiger partial charge on any atom is -0.494 e. The summed E-state index contributed by atoms with van der Waals surface area (Å²) < 4.78 is 7.18. The summed E-state index contributed by atoms with van der Waals surface area (Å²) in [6, 6.07) is 8.23. The van der Waals surface area contributed by atoms with Gasteiger partial charge in [0.05, 0.1) is 17.5 Å². The molecule has 7 heteroatoms. The molecule has 6 nitrogen and oxygen atoms in total. The third-order valence-corrected chi connectivity index (χ3v) is 6.40. The number of piperidine rings is 1. The van der Waals surface area contributed by atoms with E-state index in [9.17, 15) is 5.11 Å². The van der Waals surface area contributed by atoms with Gasteiger partial charge in [-0.2, -0.15) is 4.52 Å². The van der Waals surface area contributed by atoms with Crippen LogP contribution in [-0.2, 0) is 0 Å². The lowest BCUT2D eigenvalue weighted by atomic mass is 9.89. The minimum absolute atomic E-state index is 0.0188. The number of ether oxygens (including phenoxy) is 1. The second kappa shape index (κ2) is 7.72. The molecule has 0 aliphatic carbocycles. The Kier molecular flexibility index (Phi) is 5.29. The van der Waals surface area contributed by atoms with Crippen LogP contribution < -0.4 is 4.74 Å². The van der Waals surface area contributed by atoms with Crippen molar-refractivity contribution in [2.24, 2.45) is 11.8 Å². The summed E-state index contributed by atoms with van der Waals surface area (Å²) in [5, 5.41) is 15.3. The summed E-state index contributed by atoms with van der Waals surface area (Å²) in [6.07, 6.45) is 1.24. The highest BCUT2D eigenvalue weighted by atomic mass is 32.1. The number of hydrogen-bond donors (Lipinski definition) is 1. The molecule has 1 aromatic carbocycles. The summed E-state index contributed by atoms with van der Waals surface area (Å²) in [6.45, 7) is 11.1. The molecule has 1 N–H and O–H groups in total. The van der Waals surface area contributed by atoms with E-state index in [4.69, 9.17) is 4.74 Å². The average Bonchev–Trinajstić information content (AvgIpc) is 3.14. The van der Waals surface area contributed by atoms with Crippen molar-refractivity contribution in [2.45, 2.75) is 40.2 Å². The van der Waals surface area contributed by atoms with Gasteiger partial charge in [-0.05, 0) is 49.8 Å². The predicted octanol–water partition coefficient (Wildman–Crippen LogP) is 4.27. The summed E-state index contributed by atoms with van der Waals surface area (Å²) in [5.74, 6) is 2.99. The Bertz CT molecular complexity index is 939. The van der Waals surface area contributed by atoms with Crippen molar-refractivity contribution in [3.63, 3.8) is 0 Å². The van der Waals surface area contributed by atoms with Crippen molar-refractivity contribution in [3.05, 3.63) is 40.5 Å². The van der Waals surface area contributed by atoms with Gasteiger partial charge in [-0.3, -0.25) is 4.90 Å². The molecule has 0 spiro atoms. The van der Waals surface area contributed by atoms with E-state index in [0.717, 1.165) is 34.2 Å². The van der Waals surface area contributed by atoms with Gasteiger partial charge in [-0.25, -0.2) is 4.98 Å². The van der Waals surface area contributed by atoms with Crippen LogP contribution in [0.4, 0.5) is 0 Å². The van der Waals surface area contributed by atoms with Gasteiger partial charge in [0, 0.05) is 13.1 Å². The van der Waals surface area contributed by atoms with Gasteiger partial charge in [0.25, 0.3) is 0 Å². The van der Waals surface area contributed by atoms with E-state index >= 15 is 0 Å². The topological polar surface area (TPSA) is 62.9 Å². The summed E-state index contributed by atoms with van der Waals surface area (Å²) in [5.41, 5.74) is 1.15. The number of rotatable bonds is 5. The van der Waals surface area contributed by atoms with E-state index in [1.165, 1.54) is 17.8 Å². The number of hydrogen-bond acceptors (Lipinski definition) is 6. The Hall–Kier alpha value is -2.12. The first-order valence-corrected chi connectivity index (χ1v) is 10.8. The molecule has 1 fully saturated rings. The van der Waals surface area contributed by atoms with Crippen LogP contribution in [0.25, 0.3) is 4.96 Å². The fourth-order valence-electron chi connectivity index (χ4n) is 4.39. The highest BCUT2D eigenvalue weighted by Gasteiger charge is 2.33. The second-order valence-electron chi connectivity index (χ2n) is 7.95. The van der Waals surface area contributed by atoms with Gasteiger partial charge in [-0.15, -0.1) is 5.10 Å². The minimum atomic E-state index is -0.0188. The molecule has 3 atom stereocenters. The fourth-order valence-corrected chi connectivity index (χ4v) is 5.55.